The molecule has 1 amide bonds. The van der Waals surface area contributed by atoms with Crippen molar-refractivity contribution in [1.82, 2.24) is 0 Å². The van der Waals surface area contributed by atoms with E-state index >= 15 is 0 Å². The average Bonchev–Trinajstić information content (AvgIpc) is 2.69. The van der Waals surface area contributed by atoms with Crippen molar-refractivity contribution >= 4 is 17.7 Å². The van der Waals surface area contributed by atoms with Crippen LogP contribution in [0.15, 0.2) is 48.0 Å². The molecule has 0 bridgehead atoms. The first-order valence-corrected chi connectivity index (χ1v) is 8.04. The highest BCUT2D eigenvalue weighted by Crippen LogP contribution is 2.29. The molecule has 0 aliphatic rings. The molecule has 2 aromatic rings. The van der Waals surface area contributed by atoms with Crippen molar-refractivity contribution in [2.45, 2.75) is 0 Å². The molecule has 0 saturated carbocycles. The number of nitro benzene ring substituents is 1. The van der Waals surface area contributed by atoms with E-state index in [4.69, 9.17) is 25.2 Å². The van der Waals surface area contributed by atoms with Crippen LogP contribution in [0.25, 0.3) is 6.08 Å². The molecule has 0 atom stereocenters. The van der Waals surface area contributed by atoms with Crippen molar-refractivity contribution in [2.75, 3.05) is 20.3 Å². The SMILES string of the molecule is COc1cc(/C=C(\C#N)C(N)=O)ccc1OCCOc1ccc([N+](=O)[O-])cc1. The van der Waals surface area contributed by atoms with Crippen LogP contribution < -0.4 is 19.9 Å². The van der Waals surface area contributed by atoms with Gasteiger partial charge < -0.3 is 19.9 Å². The maximum absolute atomic E-state index is 11.1. The van der Waals surface area contributed by atoms with Crippen LogP contribution in [-0.2, 0) is 4.79 Å². The van der Waals surface area contributed by atoms with E-state index < -0.39 is 10.8 Å². The van der Waals surface area contributed by atoms with Gasteiger partial charge in [-0.1, -0.05) is 6.07 Å². The summed E-state index contributed by atoms with van der Waals surface area (Å²) in [6.07, 6.45) is 1.35. The Balaban J connectivity index is 1.96. The van der Waals surface area contributed by atoms with Crippen molar-refractivity contribution in [3.05, 3.63) is 63.7 Å². The Hall–Kier alpha value is -4.06. The number of hydrogen-bond donors (Lipinski definition) is 1. The summed E-state index contributed by atoms with van der Waals surface area (Å²) in [4.78, 5) is 21.3. The number of nitro groups is 1. The number of ether oxygens (including phenoxy) is 3. The lowest BCUT2D eigenvalue weighted by Gasteiger charge is -2.12. The van der Waals surface area contributed by atoms with E-state index in [9.17, 15) is 14.9 Å². The Morgan fingerprint density at radius 2 is 1.86 bits per heavy atom. The van der Waals surface area contributed by atoms with Crippen molar-refractivity contribution < 1.29 is 23.9 Å². The number of benzene rings is 2. The summed E-state index contributed by atoms with van der Waals surface area (Å²) in [6.45, 7) is 0.413. The predicted molar refractivity (Wildman–Crippen MR) is 99.9 cm³/mol. The van der Waals surface area contributed by atoms with Gasteiger partial charge in [0.2, 0.25) is 0 Å². The number of non-ortho nitro benzene ring substituents is 1. The molecule has 28 heavy (non-hydrogen) atoms. The second kappa shape index (κ2) is 9.59. The molecule has 0 heterocycles. The van der Waals surface area contributed by atoms with Gasteiger partial charge in [0.05, 0.1) is 12.0 Å². The number of hydrogen-bond acceptors (Lipinski definition) is 7. The van der Waals surface area contributed by atoms with Gasteiger partial charge in [0.15, 0.2) is 11.5 Å². The number of carbonyl (C=O) groups is 1. The van der Waals surface area contributed by atoms with Crippen LogP contribution in [0.5, 0.6) is 17.2 Å². The topological polar surface area (TPSA) is 138 Å². The molecule has 0 radical (unpaired) electrons. The van der Waals surface area contributed by atoms with Crippen molar-refractivity contribution in [2.24, 2.45) is 5.73 Å². The number of primary amides is 1. The Kier molecular flexibility index (Phi) is 6.93. The summed E-state index contributed by atoms with van der Waals surface area (Å²) in [5.74, 6) is 0.526. The molecule has 2 rings (SSSR count). The van der Waals surface area contributed by atoms with Gasteiger partial charge in [-0.15, -0.1) is 0 Å². The molecule has 2 aromatic carbocycles. The number of carbonyl (C=O) groups excluding carboxylic acids is 1. The first-order chi connectivity index (χ1) is 13.4. The third kappa shape index (κ3) is 5.47. The fourth-order valence-corrected chi connectivity index (χ4v) is 2.19. The Bertz CT molecular complexity index is 932. The van der Waals surface area contributed by atoms with Crippen LogP contribution in [0.2, 0.25) is 0 Å². The fourth-order valence-electron chi connectivity index (χ4n) is 2.19. The average molecular weight is 383 g/mol. The summed E-state index contributed by atoms with van der Waals surface area (Å²) < 4.78 is 16.3. The highest BCUT2D eigenvalue weighted by Gasteiger charge is 2.09. The second-order valence-corrected chi connectivity index (χ2v) is 5.39. The fraction of sp³-hybridized carbons (Fsp3) is 0.158. The zero-order valence-electron chi connectivity index (χ0n) is 15.0. The number of nitrogens with two attached hydrogens (primary N) is 1. The molecule has 9 heteroatoms. The van der Waals surface area contributed by atoms with E-state index in [1.54, 1.807) is 24.3 Å². The quantitative estimate of drug-likeness (QED) is 0.231. The van der Waals surface area contributed by atoms with Gasteiger partial charge >= 0.3 is 0 Å². The van der Waals surface area contributed by atoms with E-state index in [0.29, 0.717) is 22.8 Å². The molecule has 144 valence electrons. The van der Waals surface area contributed by atoms with Gasteiger partial charge in [0.1, 0.15) is 30.6 Å². The number of rotatable bonds is 9. The first-order valence-electron chi connectivity index (χ1n) is 8.04. The maximum Gasteiger partial charge on any atom is 0.269 e. The van der Waals surface area contributed by atoms with Crippen molar-refractivity contribution in [1.29, 1.82) is 5.26 Å². The van der Waals surface area contributed by atoms with Gasteiger partial charge in [0.25, 0.3) is 11.6 Å². The first kappa shape index (κ1) is 20.3. The van der Waals surface area contributed by atoms with Crippen LogP contribution in [0, 0.1) is 21.4 Å². The number of amides is 1. The summed E-state index contributed by atoms with van der Waals surface area (Å²) in [7, 11) is 1.46. The standard InChI is InChI=1S/C19H17N3O6/c1-26-18-11-13(10-14(12-20)19(21)23)2-7-17(18)28-9-8-27-16-5-3-15(4-6-16)22(24)25/h2-7,10-11H,8-9H2,1H3,(H2,21,23)/b14-10+. The molecule has 0 unspecified atom stereocenters. The largest absolute Gasteiger partial charge is 0.493 e. The molecule has 0 saturated heterocycles. The minimum absolute atomic E-state index is 0.0154. The highest BCUT2D eigenvalue weighted by atomic mass is 16.6. The lowest BCUT2D eigenvalue weighted by Crippen LogP contribution is -2.12. The molecule has 0 aliphatic carbocycles. The minimum atomic E-state index is -0.815. The monoisotopic (exact) mass is 383 g/mol. The number of nitriles is 1. The van der Waals surface area contributed by atoms with Crippen molar-refractivity contribution in [3.63, 3.8) is 0 Å². The molecule has 9 nitrogen and oxygen atoms in total. The van der Waals surface area contributed by atoms with Gasteiger partial charge in [-0.3, -0.25) is 14.9 Å². The second-order valence-electron chi connectivity index (χ2n) is 5.39. The van der Waals surface area contributed by atoms with Crippen LogP contribution in [-0.4, -0.2) is 31.2 Å². The van der Waals surface area contributed by atoms with Crippen LogP contribution in [0.3, 0.4) is 0 Å². The van der Waals surface area contributed by atoms with E-state index in [1.165, 1.54) is 37.5 Å². The zero-order valence-corrected chi connectivity index (χ0v) is 15.0. The van der Waals surface area contributed by atoms with Crippen LogP contribution in [0.4, 0.5) is 5.69 Å². The molecular weight excluding hydrogens is 366 g/mol. The lowest BCUT2D eigenvalue weighted by atomic mass is 10.1. The molecule has 0 aromatic heterocycles. The highest BCUT2D eigenvalue weighted by molar-refractivity contribution is 6.00. The molecular formula is C19H17N3O6. The predicted octanol–water partition coefficient (Wildman–Crippen LogP) is 2.45. The van der Waals surface area contributed by atoms with Crippen LogP contribution in [0.1, 0.15) is 5.56 Å². The van der Waals surface area contributed by atoms with E-state index in [-0.39, 0.29) is 24.5 Å². The smallest absolute Gasteiger partial charge is 0.269 e. The summed E-state index contributed by atoms with van der Waals surface area (Å²) in [6, 6.07) is 12.3. The van der Waals surface area contributed by atoms with E-state index in [2.05, 4.69) is 0 Å². The normalized spacial score (nSPS) is 10.6. The minimum Gasteiger partial charge on any atom is -0.493 e. The number of nitrogens with zero attached hydrogens (tertiary/aromatic N) is 2. The van der Waals surface area contributed by atoms with Gasteiger partial charge in [-0.25, -0.2) is 0 Å². The van der Waals surface area contributed by atoms with Gasteiger partial charge in [-0.2, -0.15) is 5.26 Å². The van der Waals surface area contributed by atoms with Crippen molar-refractivity contribution in [3.8, 4) is 23.3 Å². The third-order valence-corrected chi connectivity index (χ3v) is 3.54. The summed E-state index contributed by atoms with van der Waals surface area (Å²) >= 11 is 0. The summed E-state index contributed by atoms with van der Waals surface area (Å²) in [5, 5.41) is 19.5. The summed E-state index contributed by atoms with van der Waals surface area (Å²) in [5.41, 5.74) is 5.48. The maximum atomic E-state index is 11.1. The molecule has 0 fully saturated rings. The molecule has 0 aliphatic heterocycles. The molecule has 0 spiro atoms. The van der Waals surface area contributed by atoms with Gasteiger partial charge in [-0.05, 0) is 35.9 Å². The molecule has 2 N–H and O–H groups in total. The third-order valence-electron chi connectivity index (χ3n) is 3.54. The Labute approximate surface area is 160 Å². The number of methoxy groups -OCH3 is 1. The van der Waals surface area contributed by atoms with Crippen LogP contribution >= 0.6 is 0 Å². The van der Waals surface area contributed by atoms with E-state index in [1.807, 2.05) is 0 Å². The van der Waals surface area contributed by atoms with Gasteiger partial charge in [0, 0.05) is 12.1 Å². The lowest BCUT2D eigenvalue weighted by molar-refractivity contribution is -0.384. The Morgan fingerprint density at radius 3 is 2.43 bits per heavy atom. The zero-order chi connectivity index (χ0) is 20.5. The Morgan fingerprint density at radius 1 is 1.18 bits per heavy atom. The van der Waals surface area contributed by atoms with E-state index in [0.717, 1.165) is 0 Å².